The summed E-state index contributed by atoms with van der Waals surface area (Å²) in [5, 5.41) is 5.07. The van der Waals surface area contributed by atoms with Crippen molar-refractivity contribution in [2.75, 3.05) is 11.9 Å². The van der Waals surface area contributed by atoms with Crippen LogP contribution < -0.4 is 15.4 Å². The Bertz CT molecular complexity index is 910. The lowest BCUT2D eigenvalue weighted by Crippen LogP contribution is -2.39. The number of aromatic nitrogens is 1. The van der Waals surface area contributed by atoms with Crippen LogP contribution in [0, 0.1) is 0 Å². The number of anilines is 1. The van der Waals surface area contributed by atoms with Gasteiger partial charge in [-0.1, -0.05) is 12.5 Å². The first-order chi connectivity index (χ1) is 12.9. The van der Waals surface area contributed by atoms with Gasteiger partial charge >= 0.3 is 0 Å². The molecule has 0 saturated heterocycles. The number of nitrogens with one attached hydrogen (secondary N) is 3. The zero-order valence-electron chi connectivity index (χ0n) is 14.5. The molecule has 0 unspecified atom stereocenters. The van der Waals surface area contributed by atoms with Gasteiger partial charge in [0.15, 0.2) is 0 Å². The lowest BCUT2D eigenvalue weighted by atomic mass is 9.94. The van der Waals surface area contributed by atoms with Crippen molar-refractivity contribution in [2.24, 2.45) is 0 Å². The van der Waals surface area contributed by atoms with Crippen LogP contribution in [-0.4, -0.2) is 37.8 Å². The highest BCUT2D eigenvalue weighted by Crippen LogP contribution is 2.21. The molecule has 3 N–H and O–H groups in total. The van der Waals surface area contributed by atoms with Crippen molar-refractivity contribution in [1.29, 1.82) is 0 Å². The van der Waals surface area contributed by atoms with Crippen LogP contribution in [-0.2, 0) is 14.8 Å². The molecule has 1 saturated carbocycles. The fraction of sp³-hybridized carbons (Fsp3) is 0.278. The van der Waals surface area contributed by atoms with Crippen LogP contribution in [0.1, 0.15) is 29.8 Å². The third-order valence-electron chi connectivity index (χ3n) is 4.18. The lowest BCUT2D eigenvalue weighted by Gasteiger charge is -2.26. The molecule has 9 heteroatoms. The summed E-state index contributed by atoms with van der Waals surface area (Å²) in [6.45, 7) is -0.224. The lowest BCUT2D eigenvalue weighted by molar-refractivity contribution is -0.115. The summed E-state index contributed by atoms with van der Waals surface area (Å²) in [7, 11) is -3.54. The molecule has 0 aliphatic heterocycles. The van der Waals surface area contributed by atoms with Gasteiger partial charge < -0.3 is 10.6 Å². The number of sulfonamides is 1. The highest BCUT2D eigenvalue weighted by Gasteiger charge is 2.24. The molecule has 8 nitrogen and oxygen atoms in total. The molecule has 0 atom stereocenters. The number of benzene rings is 1. The van der Waals surface area contributed by atoms with E-state index in [4.69, 9.17) is 0 Å². The predicted molar refractivity (Wildman–Crippen MR) is 99.6 cm³/mol. The molecule has 1 aliphatic rings. The average molecular weight is 388 g/mol. The second-order valence-electron chi connectivity index (χ2n) is 6.22. The second-order valence-corrected chi connectivity index (χ2v) is 7.93. The Hall–Kier alpha value is -2.78. The first-order valence-corrected chi connectivity index (χ1v) is 10.0. The van der Waals surface area contributed by atoms with Gasteiger partial charge in [0.05, 0.1) is 11.4 Å². The van der Waals surface area contributed by atoms with Gasteiger partial charge in [-0.2, -0.15) is 0 Å². The third kappa shape index (κ3) is 5.11. The van der Waals surface area contributed by atoms with Crippen molar-refractivity contribution in [1.82, 2.24) is 15.0 Å². The summed E-state index contributed by atoms with van der Waals surface area (Å²) in [5.41, 5.74) is 0.661. The van der Waals surface area contributed by atoms with Crippen LogP contribution in [0.4, 0.5) is 5.69 Å². The van der Waals surface area contributed by atoms with Crippen LogP contribution in [0.3, 0.4) is 0 Å². The number of nitrogens with zero attached hydrogens (tertiary/aromatic N) is 1. The molecule has 1 fully saturated rings. The van der Waals surface area contributed by atoms with Crippen LogP contribution in [0.25, 0.3) is 0 Å². The molecule has 3 rings (SSSR count). The van der Waals surface area contributed by atoms with Gasteiger partial charge in [-0.3, -0.25) is 14.6 Å². The molecular weight excluding hydrogens is 368 g/mol. The maximum absolute atomic E-state index is 12.2. The number of carbonyl (C=O) groups is 2. The van der Waals surface area contributed by atoms with E-state index in [0.717, 1.165) is 19.3 Å². The Morgan fingerprint density at radius 3 is 2.41 bits per heavy atom. The van der Waals surface area contributed by atoms with Crippen molar-refractivity contribution >= 4 is 27.5 Å². The van der Waals surface area contributed by atoms with Crippen LogP contribution in [0.2, 0.25) is 0 Å². The van der Waals surface area contributed by atoms with Crippen LogP contribution in [0.15, 0.2) is 53.6 Å². The van der Waals surface area contributed by atoms with E-state index < -0.39 is 21.8 Å². The number of carbonyl (C=O) groups excluding carboxylic acids is 2. The van der Waals surface area contributed by atoms with Gasteiger partial charge in [-0.15, -0.1) is 0 Å². The Morgan fingerprint density at radius 2 is 1.81 bits per heavy atom. The molecule has 0 bridgehead atoms. The average Bonchev–Trinajstić information content (AvgIpc) is 2.64. The standard InChI is InChI=1S/C18H20N4O4S/c23-17(12-20-18(24)16-6-1-2-11-19-16)21-13-7-9-15(10-8-13)27(25,26)22-14-4-3-5-14/h1-2,6-11,14,22H,3-5,12H2,(H,20,24)(H,21,23). The summed E-state index contributed by atoms with van der Waals surface area (Å²) in [6, 6.07) is 10.8. The SMILES string of the molecule is O=C(CNC(=O)c1ccccn1)Nc1ccc(S(=O)(=O)NC2CCC2)cc1. The summed E-state index contributed by atoms with van der Waals surface area (Å²) < 4.78 is 27.1. The second kappa shape index (κ2) is 8.28. The fourth-order valence-corrected chi connectivity index (χ4v) is 3.79. The van der Waals surface area contributed by atoms with Gasteiger partial charge in [0.25, 0.3) is 5.91 Å². The van der Waals surface area contributed by atoms with Crippen molar-refractivity contribution in [3.05, 3.63) is 54.4 Å². The molecule has 142 valence electrons. The van der Waals surface area contributed by atoms with Crippen molar-refractivity contribution in [2.45, 2.75) is 30.2 Å². The van der Waals surface area contributed by atoms with Gasteiger partial charge in [0.2, 0.25) is 15.9 Å². The first kappa shape index (κ1) is 19.0. The van der Waals surface area contributed by atoms with Crippen LogP contribution in [0.5, 0.6) is 0 Å². The number of rotatable bonds is 7. The summed E-state index contributed by atoms with van der Waals surface area (Å²) in [6.07, 6.45) is 4.24. The Labute approximate surface area is 157 Å². The number of hydrogen-bond donors (Lipinski definition) is 3. The molecule has 2 amide bonds. The Morgan fingerprint density at radius 1 is 1.07 bits per heavy atom. The van der Waals surface area contributed by atoms with E-state index in [9.17, 15) is 18.0 Å². The van der Waals surface area contributed by atoms with E-state index in [1.54, 1.807) is 18.2 Å². The largest absolute Gasteiger partial charge is 0.342 e. The Kier molecular flexibility index (Phi) is 5.82. The molecule has 1 aromatic heterocycles. The van der Waals surface area contributed by atoms with Crippen molar-refractivity contribution in [3.63, 3.8) is 0 Å². The molecule has 1 aromatic carbocycles. The zero-order valence-corrected chi connectivity index (χ0v) is 15.3. The van der Waals surface area contributed by atoms with Gasteiger partial charge in [0, 0.05) is 17.9 Å². The maximum Gasteiger partial charge on any atom is 0.270 e. The molecule has 27 heavy (non-hydrogen) atoms. The molecule has 2 aromatic rings. The van der Waals surface area contributed by atoms with Gasteiger partial charge in [-0.05, 0) is 49.2 Å². The highest BCUT2D eigenvalue weighted by atomic mass is 32.2. The predicted octanol–water partition coefficient (Wildman–Crippen LogP) is 1.28. The van der Waals surface area contributed by atoms with E-state index >= 15 is 0 Å². The van der Waals surface area contributed by atoms with Crippen LogP contribution >= 0.6 is 0 Å². The minimum Gasteiger partial charge on any atom is -0.342 e. The number of amides is 2. The van der Waals surface area contributed by atoms with E-state index in [1.807, 2.05) is 0 Å². The summed E-state index contributed by atoms with van der Waals surface area (Å²) in [4.78, 5) is 27.8. The van der Waals surface area contributed by atoms with E-state index in [2.05, 4.69) is 20.3 Å². The fourth-order valence-electron chi connectivity index (χ4n) is 2.48. The molecule has 1 heterocycles. The van der Waals surface area contributed by atoms with E-state index in [0.29, 0.717) is 5.69 Å². The van der Waals surface area contributed by atoms with Gasteiger partial charge in [-0.25, -0.2) is 13.1 Å². The quantitative estimate of drug-likeness (QED) is 0.661. The smallest absolute Gasteiger partial charge is 0.270 e. The number of pyridine rings is 1. The topological polar surface area (TPSA) is 117 Å². The molecular formula is C18H20N4O4S. The Balaban J connectivity index is 1.51. The minimum absolute atomic E-state index is 0.0112. The van der Waals surface area contributed by atoms with E-state index in [1.165, 1.54) is 30.5 Å². The van der Waals surface area contributed by atoms with Gasteiger partial charge in [0.1, 0.15) is 5.69 Å². The first-order valence-electron chi connectivity index (χ1n) is 8.55. The molecule has 0 spiro atoms. The molecule has 0 radical (unpaired) electrons. The highest BCUT2D eigenvalue weighted by molar-refractivity contribution is 7.89. The monoisotopic (exact) mass is 388 g/mol. The normalized spacial score (nSPS) is 14.2. The summed E-state index contributed by atoms with van der Waals surface area (Å²) >= 11 is 0. The van der Waals surface area contributed by atoms with Crippen molar-refractivity contribution < 1.29 is 18.0 Å². The van der Waals surface area contributed by atoms with Crippen molar-refractivity contribution in [3.8, 4) is 0 Å². The number of hydrogen-bond acceptors (Lipinski definition) is 5. The minimum atomic E-state index is -3.54. The third-order valence-corrected chi connectivity index (χ3v) is 5.72. The van der Waals surface area contributed by atoms with E-state index in [-0.39, 0.29) is 23.2 Å². The maximum atomic E-state index is 12.2. The zero-order chi connectivity index (χ0) is 19.3. The molecule has 1 aliphatic carbocycles. The summed E-state index contributed by atoms with van der Waals surface area (Å²) in [5.74, 6) is -0.878.